The molecule has 0 radical (unpaired) electrons. The molecule has 6 heteroatoms. The predicted molar refractivity (Wildman–Crippen MR) is 110 cm³/mol. The van der Waals surface area contributed by atoms with Crippen LogP contribution < -0.4 is 15.6 Å². The van der Waals surface area contributed by atoms with E-state index in [-0.39, 0.29) is 24.1 Å². The number of ether oxygens (including phenoxy) is 1. The Labute approximate surface area is 164 Å². The fraction of sp³-hybridized carbons (Fsp3) is 0.318. The van der Waals surface area contributed by atoms with Gasteiger partial charge in [0.1, 0.15) is 18.1 Å². The van der Waals surface area contributed by atoms with Crippen molar-refractivity contribution in [3.05, 3.63) is 70.3 Å². The summed E-state index contributed by atoms with van der Waals surface area (Å²) in [5, 5.41) is 3.49. The van der Waals surface area contributed by atoms with Crippen LogP contribution in [0.1, 0.15) is 24.7 Å². The largest absolute Gasteiger partial charge is 0.497 e. The summed E-state index contributed by atoms with van der Waals surface area (Å²) in [5.74, 6) is 1.17. The summed E-state index contributed by atoms with van der Waals surface area (Å²) in [5.41, 5.74) is 1.64. The van der Waals surface area contributed by atoms with Crippen molar-refractivity contribution < 1.29 is 9.53 Å². The van der Waals surface area contributed by atoms with Gasteiger partial charge in [-0.05, 0) is 56.5 Å². The Bertz CT molecular complexity index is 1030. The summed E-state index contributed by atoms with van der Waals surface area (Å²) in [7, 11) is 1.64. The molecule has 0 bridgehead atoms. The molecule has 0 fully saturated rings. The molecule has 6 nitrogen and oxygen atoms in total. The number of para-hydroxylation sites is 1. The zero-order valence-electron chi connectivity index (χ0n) is 16.4. The summed E-state index contributed by atoms with van der Waals surface area (Å²) in [6.45, 7) is 3.68. The molecule has 0 aliphatic heterocycles. The van der Waals surface area contributed by atoms with Crippen LogP contribution in [0.25, 0.3) is 10.9 Å². The number of nitrogens with one attached hydrogen (secondary N) is 1. The topological polar surface area (TPSA) is 73.2 Å². The Kier molecular flexibility index (Phi) is 6.09. The fourth-order valence-corrected chi connectivity index (χ4v) is 3.18. The zero-order chi connectivity index (χ0) is 20.1. The number of aryl methyl sites for hydroxylation is 2. The second-order valence-corrected chi connectivity index (χ2v) is 6.92. The number of aromatic nitrogens is 2. The first-order chi connectivity index (χ1) is 13.5. The molecular weight excluding hydrogens is 354 g/mol. The lowest BCUT2D eigenvalue weighted by molar-refractivity contribution is -0.122. The second-order valence-electron chi connectivity index (χ2n) is 6.92. The van der Waals surface area contributed by atoms with Crippen LogP contribution in [-0.2, 0) is 17.8 Å². The number of nitrogens with zero attached hydrogens (tertiary/aromatic N) is 2. The number of benzene rings is 2. The van der Waals surface area contributed by atoms with E-state index < -0.39 is 0 Å². The normalized spacial score (nSPS) is 12.0. The highest BCUT2D eigenvalue weighted by Crippen LogP contribution is 2.13. The maximum atomic E-state index is 12.7. The molecule has 1 amide bonds. The van der Waals surface area contributed by atoms with Crippen molar-refractivity contribution in [2.75, 3.05) is 7.11 Å². The smallest absolute Gasteiger partial charge is 0.261 e. The van der Waals surface area contributed by atoms with Crippen LogP contribution >= 0.6 is 0 Å². The van der Waals surface area contributed by atoms with Crippen molar-refractivity contribution >= 4 is 16.8 Å². The molecule has 2 aromatic carbocycles. The van der Waals surface area contributed by atoms with E-state index in [0.717, 1.165) is 18.6 Å². The predicted octanol–water partition coefficient (Wildman–Crippen LogP) is 2.85. The van der Waals surface area contributed by atoms with Gasteiger partial charge in [-0.15, -0.1) is 0 Å². The summed E-state index contributed by atoms with van der Waals surface area (Å²) >= 11 is 0. The van der Waals surface area contributed by atoms with Gasteiger partial charge in [0.2, 0.25) is 5.91 Å². The van der Waals surface area contributed by atoms with Gasteiger partial charge in [-0.25, -0.2) is 4.98 Å². The number of methoxy groups -OCH3 is 1. The van der Waals surface area contributed by atoms with Crippen molar-refractivity contribution in [1.29, 1.82) is 0 Å². The second kappa shape index (κ2) is 8.69. The minimum Gasteiger partial charge on any atom is -0.497 e. The molecule has 1 N–H and O–H groups in total. The molecule has 0 aliphatic carbocycles. The third kappa shape index (κ3) is 4.57. The Morgan fingerprint density at radius 3 is 2.61 bits per heavy atom. The Morgan fingerprint density at radius 1 is 1.18 bits per heavy atom. The van der Waals surface area contributed by atoms with Gasteiger partial charge in [0.15, 0.2) is 0 Å². The molecule has 1 atom stereocenters. The first-order valence-electron chi connectivity index (χ1n) is 9.36. The average molecular weight is 379 g/mol. The summed E-state index contributed by atoms with van der Waals surface area (Å²) in [6, 6.07) is 15.1. The molecule has 0 saturated carbocycles. The molecular formula is C22H25N3O3. The van der Waals surface area contributed by atoms with E-state index >= 15 is 0 Å². The Hall–Kier alpha value is -3.15. The number of hydrogen-bond acceptors (Lipinski definition) is 4. The lowest BCUT2D eigenvalue weighted by atomic mass is 10.1. The van der Waals surface area contributed by atoms with Gasteiger partial charge in [-0.1, -0.05) is 24.3 Å². The first-order valence-corrected chi connectivity index (χ1v) is 9.36. The standard InChI is InChI=1S/C22H25N3O3/c1-15(8-9-17-10-12-18(28-3)13-11-17)23-21(26)14-25-16(2)24-20-7-5-4-6-19(20)22(25)27/h4-7,10-13,15H,8-9,14H2,1-3H3,(H,23,26). The molecule has 0 spiro atoms. The highest BCUT2D eigenvalue weighted by Gasteiger charge is 2.13. The molecule has 1 unspecified atom stereocenters. The lowest BCUT2D eigenvalue weighted by Crippen LogP contribution is -2.38. The quantitative estimate of drug-likeness (QED) is 0.685. The van der Waals surface area contributed by atoms with Crippen LogP contribution in [0.2, 0.25) is 0 Å². The van der Waals surface area contributed by atoms with Crippen LogP contribution in [0.4, 0.5) is 0 Å². The number of carbonyl (C=O) groups is 1. The summed E-state index contributed by atoms with van der Waals surface area (Å²) in [4.78, 5) is 29.5. The van der Waals surface area contributed by atoms with Gasteiger partial charge in [-0.2, -0.15) is 0 Å². The van der Waals surface area contributed by atoms with Gasteiger partial charge in [-0.3, -0.25) is 14.2 Å². The van der Waals surface area contributed by atoms with Crippen molar-refractivity contribution in [2.45, 2.75) is 39.3 Å². The van der Waals surface area contributed by atoms with E-state index in [1.54, 1.807) is 32.2 Å². The minimum absolute atomic E-state index is 0.000902. The number of carbonyl (C=O) groups excluding carboxylic acids is 1. The van der Waals surface area contributed by atoms with Crippen LogP contribution in [0.3, 0.4) is 0 Å². The number of hydrogen-bond donors (Lipinski definition) is 1. The summed E-state index contributed by atoms with van der Waals surface area (Å²) < 4.78 is 6.58. The van der Waals surface area contributed by atoms with Crippen LogP contribution in [-0.4, -0.2) is 28.6 Å². The van der Waals surface area contributed by atoms with Crippen LogP contribution in [0.5, 0.6) is 5.75 Å². The fourth-order valence-electron chi connectivity index (χ4n) is 3.18. The van der Waals surface area contributed by atoms with E-state index in [1.807, 2.05) is 37.3 Å². The maximum absolute atomic E-state index is 12.7. The van der Waals surface area contributed by atoms with Crippen molar-refractivity contribution in [2.24, 2.45) is 0 Å². The van der Waals surface area contributed by atoms with E-state index in [2.05, 4.69) is 10.3 Å². The molecule has 3 rings (SSSR count). The highest BCUT2D eigenvalue weighted by molar-refractivity contribution is 5.79. The van der Waals surface area contributed by atoms with Crippen molar-refractivity contribution in [3.63, 3.8) is 0 Å². The van der Waals surface area contributed by atoms with Gasteiger partial charge < -0.3 is 10.1 Å². The number of rotatable bonds is 7. The average Bonchev–Trinajstić information content (AvgIpc) is 2.70. The molecule has 146 valence electrons. The van der Waals surface area contributed by atoms with Crippen LogP contribution in [0, 0.1) is 6.92 Å². The molecule has 0 saturated heterocycles. The van der Waals surface area contributed by atoms with Crippen molar-refractivity contribution in [3.8, 4) is 5.75 Å². The SMILES string of the molecule is COc1ccc(CCC(C)NC(=O)Cn2c(C)nc3ccccc3c2=O)cc1. The highest BCUT2D eigenvalue weighted by atomic mass is 16.5. The molecule has 1 heterocycles. The number of fused-ring (bicyclic) bond motifs is 1. The third-order valence-electron chi connectivity index (χ3n) is 4.79. The van der Waals surface area contributed by atoms with E-state index in [1.165, 1.54) is 10.1 Å². The molecule has 1 aromatic heterocycles. The van der Waals surface area contributed by atoms with Gasteiger partial charge >= 0.3 is 0 Å². The monoisotopic (exact) mass is 379 g/mol. The number of amides is 1. The van der Waals surface area contributed by atoms with E-state index in [4.69, 9.17) is 4.74 Å². The van der Waals surface area contributed by atoms with E-state index in [9.17, 15) is 9.59 Å². The van der Waals surface area contributed by atoms with E-state index in [0.29, 0.717) is 16.7 Å². The molecule has 0 aliphatic rings. The van der Waals surface area contributed by atoms with Crippen molar-refractivity contribution in [1.82, 2.24) is 14.9 Å². The third-order valence-corrected chi connectivity index (χ3v) is 4.79. The van der Waals surface area contributed by atoms with Gasteiger partial charge in [0, 0.05) is 6.04 Å². The zero-order valence-corrected chi connectivity index (χ0v) is 16.4. The Balaban J connectivity index is 1.60. The maximum Gasteiger partial charge on any atom is 0.261 e. The summed E-state index contributed by atoms with van der Waals surface area (Å²) in [6.07, 6.45) is 1.66. The Morgan fingerprint density at radius 2 is 1.89 bits per heavy atom. The lowest BCUT2D eigenvalue weighted by Gasteiger charge is -2.16. The van der Waals surface area contributed by atoms with Crippen LogP contribution in [0.15, 0.2) is 53.3 Å². The minimum atomic E-state index is -0.191. The van der Waals surface area contributed by atoms with Gasteiger partial charge in [0.05, 0.1) is 18.0 Å². The van der Waals surface area contributed by atoms with Gasteiger partial charge in [0.25, 0.3) is 5.56 Å². The first kappa shape index (κ1) is 19.6. The molecule has 3 aromatic rings. The molecule has 28 heavy (non-hydrogen) atoms.